The molecule has 0 saturated heterocycles. The first-order valence-corrected chi connectivity index (χ1v) is 7.18. The fourth-order valence-electron chi connectivity index (χ4n) is 1.68. The number of thiophene rings is 1. The van der Waals surface area contributed by atoms with Crippen LogP contribution in [0, 0.1) is 6.92 Å². The Morgan fingerprint density at radius 1 is 1.14 bits per heavy atom. The number of benzene rings is 1. The van der Waals surface area contributed by atoms with Crippen LogP contribution in [-0.4, -0.2) is 25.5 Å². The Morgan fingerprint density at radius 2 is 1.86 bits per heavy atom. The maximum atomic E-state index is 11.8. The predicted octanol–water partition coefficient (Wildman–Crippen LogP) is 2.43. The standard InChI is InChI=1S/C15H16N2O3S/c1-10-3-8-13(21-10)15(19)16-9-14(18)17-11-4-6-12(20-2)7-5-11/h3-8H,9H2,1-2H3,(H,16,19)(H,17,18). The second-order valence-corrected chi connectivity index (χ2v) is 5.66. The summed E-state index contributed by atoms with van der Waals surface area (Å²) in [6.45, 7) is 1.86. The van der Waals surface area contributed by atoms with Crippen molar-refractivity contribution in [2.24, 2.45) is 0 Å². The molecule has 1 heterocycles. The van der Waals surface area contributed by atoms with Gasteiger partial charge in [0.15, 0.2) is 0 Å². The summed E-state index contributed by atoms with van der Waals surface area (Å²) in [5.74, 6) is 0.203. The van der Waals surface area contributed by atoms with Crippen LogP contribution in [0.15, 0.2) is 36.4 Å². The Labute approximate surface area is 126 Å². The van der Waals surface area contributed by atoms with E-state index in [9.17, 15) is 9.59 Å². The van der Waals surface area contributed by atoms with Crippen molar-refractivity contribution < 1.29 is 14.3 Å². The second kappa shape index (κ2) is 6.90. The summed E-state index contributed by atoms with van der Waals surface area (Å²) >= 11 is 1.40. The minimum absolute atomic E-state index is 0.0676. The van der Waals surface area contributed by atoms with Gasteiger partial charge in [-0.2, -0.15) is 0 Å². The number of hydrogen-bond donors (Lipinski definition) is 2. The van der Waals surface area contributed by atoms with Crippen molar-refractivity contribution >= 4 is 28.8 Å². The van der Waals surface area contributed by atoms with Gasteiger partial charge in [-0.3, -0.25) is 9.59 Å². The number of aryl methyl sites for hydroxylation is 1. The third kappa shape index (κ3) is 4.32. The molecular formula is C15H16N2O3S. The highest BCUT2D eigenvalue weighted by molar-refractivity contribution is 7.13. The van der Waals surface area contributed by atoms with E-state index in [1.807, 2.05) is 13.0 Å². The van der Waals surface area contributed by atoms with Crippen LogP contribution in [0.25, 0.3) is 0 Å². The number of nitrogens with one attached hydrogen (secondary N) is 2. The smallest absolute Gasteiger partial charge is 0.261 e. The van der Waals surface area contributed by atoms with Crippen LogP contribution in [0.5, 0.6) is 5.75 Å². The zero-order chi connectivity index (χ0) is 15.2. The average molecular weight is 304 g/mol. The van der Waals surface area contributed by atoms with E-state index >= 15 is 0 Å². The molecule has 0 radical (unpaired) electrons. The molecule has 1 aromatic heterocycles. The van der Waals surface area contributed by atoms with Gasteiger partial charge in [0, 0.05) is 10.6 Å². The largest absolute Gasteiger partial charge is 0.497 e. The molecule has 1 aromatic carbocycles. The molecule has 0 spiro atoms. The van der Waals surface area contributed by atoms with Crippen molar-refractivity contribution in [3.63, 3.8) is 0 Å². The van der Waals surface area contributed by atoms with Crippen LogP contribution in [0.1, 0.15) is 14.5 Å². The number of methoxy groups -OCH3 is 1. The number of amides is 2. The third-order valence-electron chi connectivity index (χ3n) is 2.75. The van der Waals surface area contributed by atoms with Crippen molar-refractivity contribution in [1.82, 2.24) is 5.32 Å². The molecule has 2 N–H and O–H groups in total. The van der Waals surface area contributed by atoms with E-state index in [2.05, 4.69) is 10.6 Å². The molecule has 2 aromatic rings. The van der Waals surface area contributed by atoms with Gasteiger partial charge in [0.2, 0.25) is 5.91 Å². The van der Waals surface area contributed by atoms with Crippen LogP contribution in [0.2, 0.25) is 0 Å². The van der Waals surface area contributed by atoms with Crippen LogP contribution >= 0.6 is 11.3 Å². The van der Waals surface area contributed by atoms with Gasteiger partial charge in [-0.25, -0.2) is 0 Å². The van der Waals surface area contributed by atoms with Gasteiger partial charge < -0.3 is 15.4 Å². The fraction of sp³-hybridized carbons (Fsp3) is 0.200. The lowest BCUT2D eigenvalue weighted by Crippen LogP contribution is -2.32. The molecule has 0 atom stereocenters. The van der Waals surface area contributed by atoms with Crippen molar-refractivity contribution in [2.45, 2.75) is 6.92 Å². The van der Waals surface area contributed by atoms with E-state index < -0.39 is 0 Å². The molecule has 6 heteroatoms. The number of rotatable bonds is 5. The molecule has 0 aliphatic heterocycles. The zero-order valence-electron chi connectivity index (χ0n) is 11.8. The fourth-order valence-corrected chi connectivity index (χ4v) is 2.47. The number of anilines is 1. The summed E-state index contributed by atoms with van der Waals surface area (Å²) in [6.07, 6.45) is 0. The molecule has 0 fully saturated rings. The van der Waals surface area contributed by atoms with Crippen LogP contribution in [-0.2, 0) is 4.79 Å². The SMILES string of the molecule is COc1ccc(NC(=O)CNC(=O)c2ccc(C)s2)cc1. The van der Waals surface area contributed by atoms with Gasteiger partial charge in [-0.15, -0.1) is 11.3 Å². The third-order valence-corrected chi connectivity index (χ3v) is 3.75. The first-order valence-electron chi connectivity index (χ1n) is 6.37. The van der Waals surface area contributed by atoms with Gasteiger partial charge in [0.25, 0.3) is 5.91 Å². The van der Waals surface area contributed by atoms with E-state index in [-0.39, 0.29) is 18.4 Å². The van der Waals surface area contributed by atoms with Crippen molar-refractivity contribution in [2.75, 3.05) is 19.0 Å². The first-order chi connectivity index (χ1) is 10.1. The van der Waals surface area contributed by atoms with Crippen LogP contribution < -0.4 is 15.4 Å². The number of ether oxygens (including phenoxy) is 1. The monoisotopic (exact) mass is 304 g/mol. The predicted molar refractivity (Wildman–Crippen MR) is 83.0 cm³/mol. The van der Waals surface area contributed by atoms with Crippen molar-refractivity contribution in [3.05, 3.63) is 46.2 Å². The molecule has 0 bridgehead atoms. The molecule has 110 valence electrons. The van der Waals surface area contributed by atoms with E-state index in [4.69, 9.17) is 4.74 Å². The van der Waals surface area contributed by atoms with Gasteiger partial charge in [-0.05, 0) is 43.3 Å². The summed E-state index contributed by atoms with van der Waals surface area (Å²) in [5.41, 5.74) is 0.655. The van der Waals surface area contributed by atoms with E-state index in [0.29, 0.717) is 10.6 Å². The lowest BCUT2D eigenvalue weighted by Gasteiger charge is -2.07. The van der Waals surface area contributed by atoms with E-state index in [0.717, 1.165) is 10.6 Å². The van der Waals surface area contributed by atoms with Crippen LogP contribution in [0.3, 0.4) is 0 Å². The van der Waals surface area contributed by atoms with Crippen molar-refractivity contribution in [3.8, 4) is 5.75 Å². The molecule has 2 amide bonds. The quantitative estimate of drug-likeness (QED) is 0.891. The normalized spacial score (nSPS) is 10.0. The molecule has 0 aliphatic rings. The Morgan fingerprint density at radius 3 is 2.43 bits per heavy atom. The molecule has 21 heavy (non-hydrogen) atoms. The molecule has 0 unspecified atom stereocenters. The minimum atomic E-state index is -0.276. The topological polar surface area (TPSA) is 67.4 Å². The number of carbonyl (C=O) groups is 2. The van der Waals surface area contributed by atoms with E-state index in [1.54, 1.807) is 37.4 Å². The maximum Gasteiger partial charge on any atom is 0.261 e. The maximum absolute atomic E-state index is 11.8. The van der Waals surface area contributed by atoms with Crippen molar-refractivity contribution in [1.29, 1.82) is 0 Å². The number of hydrogen-bond acceptors (Lipinski definition) is 4. The van der Waals surface area contributed by atoms with Gasteiger partial charge >= 0.3 is 0 Å². The summed E-state index contributed by atoms with van der Waals surface area (Å²) in [7, 11) is 1.58. The summed E-state index contributed by atoms with van der Waals surface area (Å²) in [6, 6.07) is 10.6. The highest BCUT2D eigenvalue weighted by Gasteiger charge is 2.10. The van der Waals surface area contributed by atoms with Gasteiger partial charge in [0.05, 0.1) is 18.5 Å². The Kier molecular flexibility index (Phi) is 4.94. The Bertz CT molecular complexity index is 635. The van der Waals surface area contributed by atoms with Gasteiger partial charge in [0.1, 0.15) is 5.75 Å². The first kappa shape index (κ1) is 15.1. The van der Waals surface area contributed by atoms with E-state index in [1.165, 1.54) is 11.3 Å². The Balaban J connectivity index is 1.82. The number of carbonyl (C=O) groups excluding carboxylic acids is 2. The van der Waals surface area contributed by atoms with Gasteiger partial charge in [-0.1, -0.05) is 0 Å². The lowest BCUT2D eigenvalue weighted by molar-refractivity contribution is -0.115. The highest BCUT2D eigenvalue weighted by atomic mass is 32.1. The summed E-state index contributed by atoms with van der Waals surface area (Å²) in [5, 5.41) is 5.29. The lowest BCUT2D eigenvalue weighted by atomic mass is 10.3. The Hall–Kier alpha value is -2.34. The molecule has 0 saturated carbocycles. The molecular weight excluding hydrogens is 288 g/mol. The molecule has 0 aliphatic carbocycles. The molecule has 5 nitrogen and oxygen atoms in total. The summed E-state index contributed by atoms with van der Waals surface area (Å²) in [4.78, 5) is 25.2. The van der Waals surface area contributed by atoms with Crippen LogP contribution in [0.4, 0.5) is 5.69 Å². The minimum Gasteiger partial charge on any atom is -0.497 e. The highest BCUT2D eigenvalue weighted by Crippen LogP contribution is 2.15. The molecule has 2 rings (SSSR count). The average Bonchev–Trinajstić information content (AvgIpc) is 2.92. The zero-order valence-corrected chi connectivity index (χ0v) is 12.6. The summed E-state index contributed by atoms with van der Waals surface area (Å²) < 4.78 is 5.04. The second-order valence-electron chi connectivity index (χ2n) is 4.37.